The highest BCUT2D eigenvalue weighted by Gasteiger charge is 2.32. The minimum atomic E-state index is -4.68. The molecule has 8 aromatic rings. The first-order valence-corrected chi connectivity index (χ1v) is 15.3. The molecule has 0 aliphatic rings. The Morgan fingerprint density at radius 1 is 0.625 bits per heavy atom. The smallest absolute Gasteiger partial charge is 0.308 e. The number of alkyl halides is 3. The van der Waals surface area contributed by atoms with Crippen molar-refractivity contribution in [2.75, 3.05) is 0 Å². The number of hydrogen-bond acceptors (Lipinski definition) is 1. The molecule has 0 aliphatic heterocycles. The summed E-state index contributed by atoms with van der Waals surface area (Å²) in [6.45, 7) is 11.7. The number of hydrogen-bond donors (Lipinski definition) is 0. The van der Waals surface area contributed by atoms with E-state index in [0.29, 0.717) is 22.5 Å². The Balaban J connectivity index is 1.64. The molecule has 0 amide bonds. The topological polar surface area (TPSA) is 38.0 Å². The molecule has 0 unspecified atom stereocenters. The van der Waals surface area contributed by atoms with Crippen molar-refractivity contribution in [2.24, 2.45) is 0 Å². The molecule has 0 atom stereocenters. The van der Waals surface area contributed by atoms with E-state index in [0.717, 1.165) is 66.9 Å². The van der Waals surface area contributed by atoms with Crippen molar-refractivity contribution in [3.63, 3.8) is 0 Å². The quantitative estimate of drug-likeness (QED) is 0.179. The minimum absolute atomic E-state index is 0.128. The maximum Gasteiger partial charge on any atom is 0.415 e. The van der Waals surface area contributed by atoms with Crippen molar-refractivity contribution in [1.82, 2.24) is 9.13 Å². The van der Waals surface area contributed by atoms with Gasteiger partial charge in [-0.15, -0.1) is 0 Å². The second-order valence-electron chi connectivity index (χ2n) is 12.1. The summed E-state index contributed by atoms with van der Waals surface area (Å²) in [5, 5.41) is 14.4. The fourth-order valence-electron chi connectivity index (χ4n) is 6.99. The number of aryl methyl sites for hydroxylation is 2. The van der Waals surface area contributed by atoms with Gasteiger partial charge in [0.2, 0.25) is 0 Å². The number of para-hydroxylation sites is 2. The molecule has 0 radical (unpaired) electrons. The molecule has 0 saturated heterocycles. The average Bonchev–Trinajstić information content (AvgIpc) is 3.58. The van der Waals surface area contributed by atoms with E-state index in [-0.39, 0.29) is 11.3 Å². The van der Waals surface area contributed by atoms with E-state index in [2.05, 4.69) is 35.2 Å². The van der Waals surface area contributed by atoms with E-state index in [1.54, 1.807) is 12.1 Å². The van der Waals surface area contributed by atoms with Crippen molar-refractivity contribution in [1.29, 1.82) is 5.26 Å². The largest absolute Gasteiger partial charge is 0.415 e. The maximum absolute atomic E-state index is 14.4. The summed E-state index contributed by atoms with van der Waals surface area (Å²) in [4.78, 5) is 3.46. The molecule has 8 rings (SSSR count). The maximum atomic E-state index is 14.4. The molecule has 0 N–H and O–H groups in total. The van der Waals surface area contributed by atoms with E-state index >= 15 is 0 Å². The lowest BCUT2D eigenvalue weighted by Gasteiger charge is -2.22. The third kappa shape index (κ3) is 4.44. The van der Waals surface area contributed by atoms with Crippen LogP contribution in [0.4, 0.5) is 18.9 Å². The van der Waals surface area contributed by atoms with Crippen molar-refractivity contribution in [3.05, 3.63) is 149 Å². The summed E-state index contributed by atoms with van der Waals surface area (Å²) < 4.78 is 47.4. The Bertz CT molecular complexity index is 2570. The zero-order valence-electron chi connectivity index (χ0n) is 25.9. The molecule has 0 bridgehead atoms. The van der Waals surface area contributed by atoms with E-state index in [9.17, 15) is 18.4 Å². The molecule has 7 heteroatoms. The van der Waals surface area contributed by atoms with Crippen LogP contribution in [0.5, 0.6) is 0 Å². The van der Waals surface area contributed by atoms with Gasteiger partial charge in [-0.3, -0.25) is 0 Å². The lowest BCUT2D eigenvalue weighted by Crippen LogP contribution is -2.07. The fraction of sp³-hybridized carbons (Fsp3) is 0.0732. The van der Waals surface area contributed by atoms with Crippen LogP contribution in [0.25, 0.3) is 71.0 Å². The summed E-state index contributed by atoms with van der Waals surface area (Å²) in [6.07, 6.45) is -4.68. The SMILES string of the molecule is [C-]#[N+]c1cc(-c2c(-n3c4ccccc4c4ccc(C)cc43)cc(C#N)cc2-n2c3ccccc3c3ccc(C)cc32)cc(C(F)(F)F)c1. The van der Waals surface area contributed by atoms with Crippen LogP contribution in [-0.4, -0.2) is 9.13 Å². The highest BCUT2D eigenvalue weighted by molar-refractivity contribution is 6.12. The average molecular weight is 631 g/mol. The van der Waals surface area contributed by atoms with Crippen LogP contribution in [0.15, 0.2) is 115 Å². The minimum Gasteiger partial charge on any atom is -0.308 e. The van der Waals surface area contributed by atoms with Crippen LogP contribution < -0.4 is 0 Å². The van der Waals surface area contributed by atoms with Gasteiger partial charge in [0.15, 0.2) is 5.69 Å². The lowest BCUT2D eigenvalue weighted by molar-refractivity contribution is -0.137. The second kappa shape index (κ2) is 10.6. The molecule has 48 heavy (non-hydrogen) atoms. The van der Waals surface area contributed by atoms with Gasteiger partial charge in [0.05, 0.1) is 51.6 Å². The molecule has 0 aliphatic carbocycles. The summed E-state index contributed by atoms with van der Waals surface area (Å²) in [7, 11) is 0. The Kier molecular flexibility index (Phi) is 6.44. The van der Waals surface area contributed by atoms with Crippen molar-refractivity contribution >= 4 is 49.3 Å². The van der Waals surface area contributed by atoms with Crippen molar-refractivity contribution < 1.29 is 13.2 Å². The van der Waals surface area contributed by atoms with E-state index in [1.807, 2.05) is 83.6 Å². The van der Waals surface area contributed by atoms with E-state index < -0.39 is 11.7 Å². The first kappa shape index (κ1) is 29.1. The molecule has 4 nitrogen and oxygen atoms in total. The first-order valence-electron chi connectivity index (χ1n) is 15.3. The predicted octanol–water partition coefficient (Wildman–Crippen LogP) is 11.6. The zero-order chi connectivity index (χ0) is 33.3. The number of rotatable bonds is 3. The normalized spacial score (nSPS) is 11.8. The number of nitrogens with zero attached hydrogens (tertiary/aromatic N) is 4. The zero-order valence-corrected chi connectivity index (χ0v) is 25.9. The second-order valence-corrected chi connectivity index (χ2v) is 12.1. The molecule has 2 aromatic heterocycles. The molecule has 0 saturated carbocycles. The monoisotopic (exact) mass is 630 g/mol. The van der Waals surface area contributed by atoms with Crippen molar-refractivity contribution in [3.8, 4) is 28.6 Å². The summed E-state index contributed by atoms with van der Waals surface area (Å²) in [6, 6.07) is 37.4. The van der Waals surface area contributed by atoms with Crippen LogP contribution >= 0.6 is 0 Å². The van der Waals surface area contributed by atoms with Crippen LogP contribution in [0.3, 0.4) is 0 Å². The number of aromatic nitrogens is 2. The Morgan fingerprint density at radius 3 is 1.60 bits per heavy atom. The van der Waals surface area contributed by atoms with E-state index in [1.165, 1.54) is 6.07 Å². The first-order chi connectivity index (χ1) is 23.2. The van der Waals surface area contributed by atoms with Gasteiger partial charge in [0.25, 0.3) is 0 Å². The van der Waals surface area contributed by atoms with Crippen LogP contribution in [-0.2, 0) is 6.18 Å². The fourth-order valence-corrected chi connectivity index (χ4v) is 6.99. The van der Waals surface area contributed by atoms with Gasteiger partial charge in [-0.05, 0) is 85.1 Å². The molecule has 0 spiro atoms. The summed E-state index contributed by atoms with van der Waals surface area (Å²) in [5.74, 6) is 0. The van der Waals surface area contributed by atoms with Gasteiger partial charge in [0, 0.05) is 32.7 Å². The number of nitriles is 1. The number of benzene rings is 6. The summed E-state index contributed by atoms with van der Waals surface area (Å²) >= 11 is 0. The lowest BCUT2D eigenvalue weighted by atomic mass is 9.95. The Labute approximate surface area is 273 Å². The highest BCUT2D eigenvalue weighted by Crippen LogP contribution is 2.45. The Morgan fingerprint density at radius 2 is 1.12 bits per heavy atom. The van der Waals surface area contributed by atoms with Gasteiger partial charge < -0.3 is 9.13 Å². The van der Waals surface area contributed by atoms with Crippen LogP contribution in [0.2, 0.25) is 0 Å². The predicted molar refractivity (Wildman–Crippen MR) is 186 cm³/mol. The molecule has 6 aromatic carbocycles. The van der Waals surface area contributed by atoms with Gasteiger partial charge in [0.1, 0.15) is 0 Å². The standard InChI is InChI=1S/C41H25F3N4/c1-24-12-14-32-30-8-4-6-10-34(30)47(36(32)16-24)38-18-26(23-45)19-39(40(38)27-20-28(41(42,43)44)22-29(21-27)46-3)48-35-11-7-5-9-31(35)33-15-13-25(2)17-37(33)48/h4-22H,1-2H3. The number of fused-ring (bicyclic) bond motifs is 6. The van der Waals surface area contributed by atoms with Crippen LogP contribution in [0.1, 0.15) is 22.3 Å². The third-order valence-corrected chi connectivity index (χ3v) is 9.03. The Hall–Kier alpha value is -6.31. The highest BCUT2D eigenvalue weighted by atomic mass is 19.4. The number of halogens is 3. The third-order valence-electron chi connectivity index (χ3n) is 9.03. The molecular weight excluding hydrogens is 605 g/mol. The molecular formula is C41H25F3N4. The molecule has 2 heterocycles. The molecule has 0 fully saturated rings. The van der Waals surface area contributed by atoms with Gasteiger partial charge >= 0.3 is 6.18 Å². The van der Waals surface area contributed by atoms with Gasteiger partial charge in [-0.1, -0.05) is 60.7 Å². The van der Waals surface area contributed by atoms with E-state index in [4.69, 9.17) is 6.57 Å². The van der Waals surface area contributed by atoms with Gasteiger partial charge in [-0.25, -0.2) is 4.85 Å². The molecule has 230 valence electrons. The van der Waals surface area contributed by atoms with Crippen molar-refractivity contribution in [2.45, 2.75) is 20.0 Å². The van der Waals surface area contributed by atoms with Gasteiger partial charge in [-0.2, -0.15) is 18.4 Å². The van der Waals surface area contributed by atoms with Crippen LogP contribution in [0, 0.1) is 31.8 Å². The summed E-state index contributed by atoms with van der Waals surface area (Å²) in [5.41, 5.74) is 6.49.